The Hall–Kier alpha value is -1.49. The molecule has 1 saturated heterocycles. The van der Waals surface area contributed by atoms with Crippen LogP contribution in [0, 0.1) is 0 Å². The highest BCUT2D eigenvalue weighted by Crippen LogP contribution is 2.30. The number of carbonyl (C=O) groups is 1. The minimum absolute atomic E-state index is 0.113. The van der Waals surface area contributed by atoms with E-state index in [4.69, 9.17) is 4.98 Å². The summed E-state index contributed by atoms with van der Waals surface area (Å²) in [7, 11) is 2.18. The predicted octanol–water partition coefficient (Wildman–Crippen LogP) is 2.53. The van der Waals surface area contributed by atoms with Crippen molar-refractivity contribution < 1.29 is 4.79 Å². The molecule has 0 N–H and O–H groups in total. The molecule has 0 unspecified atom stereocenters. The second kappa shape index (κ2) is 6.73. The molecule has 1 aromatic heterocycles. The van der Waals surface area contributed by atoms with Crippen molar-refractivity contribution in [2.45, 2.75) is 64.1 Å². The van der Waals surface area contributed by atoms with Crippen molar-refractivity contribution >= 4 is 5.91 Å². The Bertz CT molecular complexity index is 527. The Balaban J connectivity index is 1.70. The molecule has 0 spiro atoms. The predicted molar refractivity (Wildman–Crippen MR) is 85.1 cm³/mol. The van der Waals surface area contributed by atoms with Crippen LogP contribution in [0.4, 0.5) is 0 Å². The monoisotopic (exact) mass is 302 g/mol. The van der Waals surface area contributed by atoms with E-state index in [9.17, 15) is 4.79 Å². The summed E-state index contributed by atoms with van der Waals surface area (Å²) in [6.07, 6.45) is 11.0. The number of hydrogen-bond acceptors (Lipinski definition) is 4. The first-order chi connectivity index (χ1) is 10.6. The zero-order chi connectivity index (χ0) is 15.5. The lowest BCUT2D eigenvalue weighted by Crippen LogP contribution is -2.30. The van der Waals surface area contributed by atoms with Gasteiger partial charge in [-0.1, -0.05) is 12.8 Å². The molecule has 0 aromatic carbocycles. The number of amides is 1. The van der Waals surface area contributed by atoms with Crippen LogP contribution >= 0.6 is 0 Å². The van der Waals surface area contributed by atoms with Crippen LogP contribution in [0.25, 0.3) is 0 Å². The maximum Gasteiger partial charge on any atom is 0.220 e. The molecule has 5 heteroatoms. The van der Waals surface area contributed by atoms with Gasteiger partial charge in [0.25, 0.3) is 0 Å². The van der Waals surface area contributed by atoms with E-state index in [0.717, 1.165) is 37.3 Å². The molecule has 1 saturated carbocycles. The lowest BCUT2D eigenvalue weighted by Gasteiger charge is -2.25. The van der Waals surface area contributed by atoms with Crippen molar-refractivity contribution in [3.8, 4) is 0 Å². The van der Waals surface area contributed by atoms with Crippen LogP contribution in [0.3, 0.4) is 0 Å². The van der Waals surface area contributed by atoms with E-state index in [2.05, 4.69) is 16.9 Å². The third kappa shape index (κ3) is 3.29. The van der Waals surface area contributed by atoms with Gasteiger partial charge in [-0.05, 0) is 32.7 Å². The summed E-state index contributed by atoms with van der Waals surface area (Å²) in [4.78, 5) is 25.2. The molecular formula is C17H26N4O. The van der Waals surface area contributed by atoms with Gasteiger partial charge in [0.1, 0.15) is 0 Å². The van der Waals surface area contributed by atoms with Gasteiger partial charge in [-0.25, -0.2) is 0 Å². The fourth-order valence-electron chi connectivity index (χ4n) is 3.84. The van der Waals surface area contributed by atoms with E-state index in [1.807, 2.05) is 17.3 Å². The summed E-state index contributed by atoms with van der Waals surface area (Å²) in [5, 5.41) is 0. The molecule has 1 aromatic rings. The Morgan fingerprint density at radius 1 is 1.27 bits per heavy atom. The van der Waals surface area contributed by atoms with Crippen LogP contribution in [-0.4, -0.2) is 45.3 Å². The number of carbonyl (C=O) groups excluding carboxylic acids is 1. The molecule has 1 atom stereocenters. The molecule has 120 valence electrons. The quantitative estimate of drug-likeness (QED) is 0.857. The van der Waals surface area contributed by atoms with Gasteiger partial charge in [0.15, 0.2) is 0 Å². The topological polar surface area (TPSA) is 49.3 Å². The Morgan fingerprint density at radius 3 is 2.77 bits per heavy atom. The fourth-order valence-corrected chi connectivity index (χ4v) is 3.84. The van der Waals surface area contributed by atoms with Gasteiger partial charge in [-0.15, -0.1) is 0 Å². The SMILES string of the molecule is CC(=O)N1CCC[C@@H]1c1cncc(CN(C)C2CCCC2)n1. The lowest BCUT2D eigenvalue weighted by atomic mass is 10.1. The maximum absolute atomic E-state index is 11.7. The number of rotatable bonds is 4. The number of nitrogens with zero attached hydrogens (tertiary/aromatic N) is 4. The van der Waals surface area contributed by atoms with E-state index in [1.54, 1.807) is 6.92 Å². The van der Waals surface area contributed by atoms with Crippen LogP contribution in [0.1, 0.15) is 62.9 Å². The van der Waals surface area contributed by atoms with E-state index in [1.165, 1.54) is 25.7 Å². The Morgan fingerprint density at radius 2 is 2.05 bits per heavy atom. The molecular weight excluding hydrogens is 276 g/mol. The smallest absolute Gasteiger partial charge is 0.220 e. The molecule has 2 fully saturated rings. The first-order valence-electron chi connectivity index (χ1n) is 8.43. The molecule has 5 nitrogen and oxygen atoms in total. The minimum atomic E-state index is 0.113. The molecule has 0 bridgehead atoms. The van der Waals surface area contributed by atoms with Crippen LogP contribution in [0.2, 0.25) is 0 Å². The molecule has 1 aliphatic heterocycles. The maximum atomic E-state index is 11.7. The van der Waals surface area contributed by atoms with Gasteiger partial charge in [0.05, 0.1) is 23.6 Å². The zero-order valence-electron chi connectivity index (χ0n) is 13.7. The van der Waals surface area contributed by atoms with Gasteiger partial charge in [-0.3, -0.25) is 19.7 Å². The van der Waals surface area contributed by atoms with Crippen LogP contribution in [0.15, 0.2) is 12.4 Å². The van der Waals surface area contributed by atoms with Gasteiger partial charge in [0, 0.05) is 32.3 Å². The highest BCUT2D eigenvalue weighted by molar-refractivity contribution is 5.74. The first-order valence-corrected chi connectivity index (χ1v) is 8.43. The highest BCUT2D eigenvalue weighted by Gasteiger charge is 2.29. The summed E-state index contributed by atoms with van der Waals surface area (Å²) in [5.74, 6) is 0.137. The average Bonchev–Trinajstić information content (AvgIpc) is 3.19. The molecule has 22 heavy (non-hydrogen) atoms. The summed E-state index contributed by atoms with van der Waals surface area (Å²) in [6, 6.07) is 0.799. The van der Waals surface area contributed by atoms with E-state index < -0.39 is 0 Å². The standard InChI is InChI=1S/C17H26N4O/c1-13(22)21-9-5-8-17(21)16-11-18-10-14(19-16)12-20(2)15-6-3-4-7-15/h10-11,15,17H,3-9,12H2,1-2H3/t17-/m1/s1. The normalized spacial score (nSPS) is 22.7. The van der Waals surface area contributed by atoms with Crippen molar-refractivity contribution in [1.29, 1.82) is 0 Å². The molecule has 1 aliphatic carbocycles. The van der Waals surface area contributed by atoms with E-state index in [0.29, 0.717) is 6.04 Å². The first kappa shape index (κ1) is 15.4. The lowest BCUT2D eigenvalue weighted by molar-refractivity contribution is -0.129. The summed E-state index contributed by atoms with van der Waals surface area (Å²) in [6.45, 7) is 3.33. The van der Waals surface area contributed by atoms with Crippen LogP contribution < -0.4 is 0 Å². The highest BCUT2D eigenvalue weighted by atomic mass is 16.2. The van der Waals surface area contributed by atoms with Crippen molar-refractivity contribution in [3.63, 3.8) is 0 Å². The second-order valence-electron chi connectivity index (χ2n) is 6.66. The third-order valence-electron chi connectivity index (χ3n) is 5.06. The minimum Gasteiger partial charge on any atom is -0.334 e. The second-order valence-corrected chi connectivity index (χ2v) is 6.66. The Labute approximate surface area is 132 Å². The zero-order valence-corrected chi connectivity index (χ0v) is 13.7. The van der Waals surface area contributed by atoms with E-state index >= 15 is 0 Å². The van der Waals surface area contributed by atoms with Crippen LogP contribution in [0.5, 0.6) is 0 Å². The van der Waals surface area contributed by atoms with Crippen LogP contribution in [-0.2, 0) is 11.3 Å². The summed E-state index contributed by atoms with van der Waals surface area (Å²) >= 11 is 0. The number of likely N-dealkylation sites (tertiary alicyclic amines) is 1. The van der Waals surface area contributed by atoms with Crippen molar-refractivity contribution in [2.24, 2.45) is 0 Å². The van der Waals surface area contributed by atoms with Gasteiger partial charge < -0.3 is 4.90 Å². The number of aromatic nitrogens is 2. The van der Waals surface area contributed by atoms with E-state index in [-0.39, 0.29) is 11.9 Å². The fraction of sp³-hybridized carbons (Fsp3) is 0.706. The molecule has 2 aliphatic rings. The third-order valence-corrected chi connectivity index (χ3v) is 5.06. The molecule has 3 rings (SSSR count). The van der Waals surface area contributed by atoms with Gasteiger partial charge in [-0.2, -0.15) is 0 Å². The van der Waals surface area contributed by atoms with Crippen molar-refractivity contribution in [3.05, 3.63) is 23.8 Å². The summed E-state index contributed by atoms with van der Waals surface area (Å²) in [5.41, 5.74) is 1.97. The molecule has 1 amide bonds. The molecule has 0 radical (unpaired) electrons. The molecule has 2 heterocycles. The van der Waals surface area contributed by atoms with Gasteiger partial charge in [0.2, 0.25) is 5.91 Å². The number of hydrogen-bond donors (Lipinski definition) is 0. The summed E-state index contributed by atoms with van der Waals surface area (Å²) < 4.78 is 0. The van der Waals surface area contributed by atoms with Crippen molar-refractivity contribution in [1.82, 2.24) is 19.8 Å². The largest absolute Gasteiger partial charge is 0.334 e. The van der Waals surface area contributed by atoms with Gasteiger partial charge >= 0.3 is 0 Å². The van der Waals surface area contributed by atoms with Crippen molar-refractivity contribution in [2.75, 3.05) is 13.6 Å². The average molecular weight is 302 g/mol. The Kier molecular flexibility index (Phi) is 4.71.